The zero-order chi connectivity index (χ0) is 17.2. The van der Waals surface area contributed by atoms with Gasteiger partial charge in [-0.3, -0.25) is 9.59 Å². The van der Waals surface area contributed by atoms with Crippen molar-refractivity contribution >= 4 is 17.9 Å². The second-order valence-electron chi connectivity index (χ2n) is 5.58. The Balaban J connectivity index is 0. The number of aliphatic carboxylic acids is 3. The van der Waals surface area contributed by atoms with Gasteiger partial charge in [0.05, 0.1) is 21.1 Å². The Hall–Kier alpha value is -1.71. The number of likely N-dealkylation sites (N-methyl/N-ethyl adjacent to an activating group) is 1. The molecular formula is C12H24N2O7. The Morgan fingerprint density at radius 1 is 1.19 bits per heavy atom. The molecule has 9 heteroatoms. The van der Waals surface area contributed by atoms with E-state index in [-0.39, 0.29) is 19.3 Å². The van der Waals surface area contributed by atoms with Gasteiger partial charge >= 0.3 is 11.9 Å². The lowest BCUT2D eigenvalue weighted by molar-refractivity contribution is -0.873. The maximum absolute atomic E-state index is 10.0. The van der Waals surface area contributed by atoms with Crippen molar-refractivity contribution in [2.24, 2.45) is 5.73 Å². The standard InChI is InChI=1S/C7H15NO3.C5H9NO4/c1-8(2,3)5-6(9)4-7(10)11;6-3(5(9)10)1-2-4(7)8/h6,9H,4-5H2,1-3H3;3H,1-2,6H2,(H,7,8)(H,9,10). The first-order chi connectivity index (χ1) is 9.35. The molecule has 0 aromatic carbocycles. The molecule has 124 valence electrons. The number of aliphatic hydroxyl groups excluding tert-OH is 1. The van der Waals surface area contributed by atoms with Gasteiger partial charge in [-0.15, -0.1) is 0 Å². The number of nitrogens with two attached hydrogens (primary N) is 1. The highest BCUT2D eigenvalue weighted by molar-refractivity contribution is 5.74. The molecule has 9 nitrogen and oxygen atoms in total. The van der Waals surface area contributed by atoms with E-state index in [0.29, 0.717) is 11.0 Å². The molecule has 0 spiro atoms. The quantitative estimate of drug-likeness (QED) is 0.356. The molecule has 0 saturated heterocycles. The summed E-state index contributed by atoms with van der Waals surface area (Å²) in [5.41, 5.74) is 5.00. The second kappa shape index (κ2) is 10.1. The van der Waals surface area contributed by atoms with Crippen molar-refractivity contribution in [1.82, 2.24) is 0 Å². The SMILES string of the molecule is C[N+](C)(C)CC(O)CC(=O)[O-].NC(CCC(=O)O)C(=O)O. The molecular weight excluding hydrogens is 284 g/mol. The summed E-state index contributed by atoms with van der Waals surface area (Å²) in [5, 5.41) is 35.4. The van der Waals surface area contributed by atoms with E-state index < -0.39 is 30.1 Å². The normalized spacial score (nSPS) is 13.6. The van der Waals surface area contributed by atoms with Gasteiger partial charge in [0, 0.05) is 18.8 Å². The molecule has 0 saturated carbocycles. The van der Waals surface area contributed by atoms with E-state index in [1.807, 2.05) is 21.1 Å². The van der Waals surface area contributed by atoms with Crippen LogP contribution in [0.1, 0.15) is 19.3 Å². The van der Waals surface area contributed by atoms with Gasteiger partial charge in [-0.05, 0) is 6.42 Å². The van der Waals surface area contributed by atoms with Gasteiger partial charge in [-0.1, -0.05) is 0 Å². The zero-order valence-electron chi connectivity index (χ0n) is 12.5. The Labute approximate surface area is 123 Å². The molecule has 0 amide bonds. The van der Waals surface area contributed by atoms with Crippen molar-refractivity contribution in [3.63, 3.8) is 0 Å². The number of carboxylic acids is 3. The van der Waals surface area contributed by atoms with Gasteiger partial charge in [-0.2, -0.15) is 0 Å². The molecule has 0 aliphatic carbocycles. The summed E-state index contributed by atoms with van der Waals surface area (Å²) in [4.78, 5) is 29.9. The van der Waals surface area contributed by atoms with Crippen LogP contribution in [0.15, 0.2) is 0 Å². The van der Waals surface area contributed by atoms with Crippen LogP contribution < -0.4 is 10.8 Å². The Kier molecular flexibility index (Phi) is 10.4. The number of carbonyl (C=O) groups is 3. The minimum atomic E-state index is -1.20. The van der Waals surface area contributed by atoms with Crippen LogP contribution in [-0.4, -0.2) is 77.5 Å². The monoisotopic (exact) mass is 308 g/mol. The maximum atomic E-state index is 10.0. The molecule has 0 bridgehead atoms. The van der Waals surface area contributed by atoms with Crippen molar-refractivity contribution in [1.29, 1.82) is 0 Å². The highest BCUT2D eigenvalue weighted by atomic mass is 16.4. The Morgan fingerprint density at radius 2 is 1.67 bits per heavy atom. The van der Waals surface area contributed by atoms with Gasteiger partial charge in [-0.25, -0.2) is 0 Å². The predicted octanol–water partition coefficient (Wildman–Crippen LogP) is -2.54. The zero-order valence-corrected chi connectivity index (χ0v) is 12.5. The lowest BCUT2D eigenvalue weighted by Crippen LogP contribution is -2.43. The van der Waals surface area contributed by atoms with Gasteiger partial charge in [0.15, 0.2) is 0 Å². The number of carboxylic acid groups (broad SMARTS) is 3. The molecule has 5 N–H and O–H groups in total. The lowest BCUT2D eigenvalue weighted by atomic mass is 10.2. The highest BCUT2D eigenvalue weighted by Gasteiger charge is 2.15. The molecule has 0 aliphatic heterocycles. The largest absolute Gasteiger partial charge is 0.550 e. The Morgan fingerprint density at radius 3 is 1.95 bits per heavy atom. The number of carbonyl (C=O) groups excluding carboxylic acids is 1. The summed E-state index contributed by atoms with van der Waals surface area (Å²) in [7, 11) is 5.66. The lowest BCUT2D eigenvalue weighted by Gasteiger charge is -2.26. The maximum Gasteiger partial charge on any atom is 0.320 e. The molecule has 0 fully saturated rings. The summed E-state index contributed by atoms with van der Waals surface area (Å²) in [6, 6.07) is -1.06. The van der Waals surface area contributed by atoms with Crippen molar-refractivity contribution in [3.05, 3.63) is 0 Å². The summed E-state index contributed by atoms with van der Waals surface area (Å²) >= 11 is 0. The van der Waals surface area contributed by atoms with Crippen molar-refractivity contribution < 1.29 is 39.3 Å². The van der Waals surface area contributed by atoms with Crippen LogP contribution in [0.5, 0.6) is 0 Å². The van der Waals surface area contributed by atoms with Gasteiger partial charge in [0.2, 0.25) is 0 Å². The molecule has 0 aliphatic rings. The van der Waals surface area contributed by atoms with Crippen LogP contribution in [0.3, 0.4) is 0 Å². The topological polar surface area (TPSA) is 161 Å². The molecule has 0 rings (SSSR count). The summed E-state index contributed by atoms with van der Waals surface area (Å²) in [6.07, 6.45) is -1.31. The molecule has 2 unspecified atom stereocenters. The van der Waals surface area contributed by atoms with Crippen molar-refractivity contribution in [2.45, 2.75) is 31.4 Å². The van der Waals surface area contributed by atoms with E-state index in [1.165, 1.54) is 0 Å². The number of aliphatic hydroxyl groups is 1. The van der Waals surface area contributed by atoms with Crippen LogP contribution in [0.4, 0.5) is 0 Å². The molecule has 2 atom stereocenters. The number of hydrogen-bond acceptors (Lipinski definition) is 6. The van der Waals surface area contributed by atoms with E-state index in [4.69, 9.17) is 21.1 Å². The van der Waals surface area contributed by atoms with Crippen molar-refractivity contribution in [3.8, 4) is 0 Å². The molecule has 0 heterocycles. The third kappa shape index (κ3) is 18.3. The van der Waals surface area contributed by atoms with Gasteiger partial charge in [0.25, 0.3) is 0 Å². The molecule has 0 radical (unpaired) electrons. The molecule has 0 aromatic heterocycles. The van der Waals surface area contributed by atoms with E-state index in [2.05, 4.69) is 0 Å². The first kappa shape index (κ1) is 21.6. The highest BCUT2D eigenvalue weighted by Crippen LogP contribution is 1.97. The minimum absolute atomic E-state index is 0.0231. The average molecular weight is 308 g/mol. The number of hydrogen-bond donors (Lipinski definition) is 4. The predicted molar refractivity (Wildman–Crippen MR) is 71.0 cm³/mol. The van der Waals surface area contributed by atoms with Crippen LogP contribution in [0.25, 0.3) is 0 Å². The van der Waals surface area contributed by atoms with Crippen molar-refractivity contribution in [2.75, 3.05) is 27.7 Å². The summed E-state index contributed by atoms with van der Waals surface area (Å²) < 4.78 is 0.550. The van der Waals surface area contributed by atoms with E-state index in [1.54, 1.807) is 0 Å². The van der Waals surface area contributed by atoms with E-state index >= 15 is 0 Å². The fourth-order valence-electron chi connectivity index (χ4n) is 1.29. The van der Waals surface area contributed by atoms with Crippen LogP contribution >= 0.6 is 0 Å². The molecule has 21 heavy (non-hydrogen) atoms. The smallest absolute Gasteiger partial charge is 0.320 e. The minimum Gasteiger partial charge on any atom is -0.550 e. The number of nitrogens with zero attached hydrogens (tertiary/aromatic N) is 1. The first-order valence-electron chi connectivity index (χ1n) is 6.23. The third-order valence-electron chi connectivity index (χ3n) is 2.15. The third-order valence-corrected chi connectivity index (χ3v) is 2.15. The molecule has 0 aromatic rings. The van der Waals surface area contributed by atoms with E-state index in [9.17, 15) is 19.5 Å². The Bertz CT molecular complexity index is 352. The fourth-order valence-corrected chi connectivity index (χ4v) is 1.29. The van der Waals surface area contributed by atoms with Crippen LogP contribution in [-0.2, 0) is 14.4 Å². The van der Waals surface area contributed by atoms with Crippen LogP contribution in [0, 0.1) is 0 Å². The number of quaternary nitrogens is 1. The second-order valence-corrected chi connectivity index (χ2v) is 5.58. The fraction of sp³-hybridized carbons (Fsp3) is 0.750. The van der Waals surface area contributed by atoms with E-state index in [0.717, 1.165) is 0 Å². The summed E-state index contributed by atoms with van der Waals surface area (Å²) in [5.74, 6) is -3.40. The average Bonchev–Trinajstić information content (AvgIpc) is 2.22. The van der Waals surface area contributed by atoms with Gasteiger partial charge < -0.3 is 35.4 Å². The van der Waals surface area contributed by atoms with Gasteiger partial charge in [0.1, 0.15) is 18.7 Å². The first-order valence-corrected chi connectivity index (χ1v) is 6.23. The van der Waals surface area contributed by atoms with Crippen LogP contribution in [0.2, 0.25) is 0 Å². The number of rotatable bonds is 8. The summed E-state index contributed by atoms with van der Waals surface area (Å²) in [6.45, 7) is 0.425.